The number of amides is 1. The molecule has 0 saturated heterocycles. The molecule has 1 aromatic heterocycles. The predicted molar refractivity (Wildman–Crippen MR) is 81.0 cm³/mol. The number of aromatic amines is 1. The minimum atomic E-state index is -0.628. The van der Waals surface area contributed by atoms with E-state index < -0.39 is 12.0 Å². The minimum Gasteiger partial charge on any atom is -0.467 e. The Morgan fingerprint density at radius 2 is 2.05 bits per heavy atom. The van der Waals surface area contributed by atoms with Gasteiger partial charge < -0.3 is 15.0 Å². The molecule has 2 N–H and O–H groups in total. The average Bonchev–Trinajstić information content (AvgIpc) is 2.93. The van der Waals surface area contributed by atoms with Crippen molar-refractivity contribution in [2.75, 3.05) is 7.11 Å². The Balaban J connectivity index is 2.22. The van der Waals surface area contributed by atoms with Crippen LogP contribution in [0.5, 0.6) is 0 Å². The number of H-pyrrole nitrogens is 1. The van der Waals surface area contributed by atoms with Crippen LogP contribution in [0.4, 0.5) is 0 Å². The van der Waals surface area contributed by atoms with Crippen LogP contribution in [0, 0.1) is 5.92 Å². The number of esters is 1. The molecule has 0 fully saturated rings. The fourth-order valence-corrected chi connectivity index (χ4v) is 2.35. The molecule has 1 heterocycles. The number of hydrogen-bond donors (Lipinski definition) is 2. The second-order valence-electron chi connectivity index (χ2n) is 5.42. The summed E-state index contributed by atoms with van der Waals surface area (Å²) < 4.78 is 4.76. The summed E-state index contributed by atoms with van der Waals surface area (Å²) in [4.78, 5) is 27.3. The topological polar surface area (TPSA) is 71.2 Å². The molecule has 0 aliphatic heterocycles. The van der Waals surface area contributed by atoms with E-state index >= 15 is 0 Å². The number of carbonyl (C=O) groups is 2. The molecule has 0 aliphatic rings. The number of fused-ring (bicyclic) bond motifs is 1. The molecule has 0 saturated carbocycles. The van der Waals surface area contributed by atoms with E-state index in [0.717, 1.165) is 10.9 Å². The van der Waals surface area contributed by atoms with Crippen molar-refractivity contribution >= 4 is 22.8 Å². The summed E-state index contributed by atoms with van der Waals surface area (Å²) in [7, 11) is 1.33. The zero-order chi connectivity index (χ0) is 15.4. The SMILES string of the molecule is COC(=O)C(CC(C)C)NC(=O)c1cccc2[nH]ccc12. The second kappa shape index (κ2) is 6.43. The summed E-state index contributed by atoms with van der Waals surface area (Å²) in [6, 6.07) is 6.67. The maximum atomic E-state index is 12.4. The van der Waals surface area contributed by atoms with E-state index in [4.69, 9.17) is 4.74 Å². The van der Waals surface area contributed by atoms with Gasteiger partial charge >= 0.3 is 5.97 Å². The van der Waals surface area contributed by atoms with Crippen LogP contribution in [0.1, 0.15) is 30.6 Å². The lowest BCUT2D eigenvalue weighted by atomic mass is 10.0. The van der Waals surface area contributed by atoms with Crippen molar-refractivity contribution in [2.45, 2.75) is 26.3 Å². The number of hydrogen-bond acceptors (Lipinski definition) is 3. The number of ether oxygens (including phenoxy) is 1. The Kier molecular flexibility index (Phi) is 4.62. The average molecular weight is 288 g/mol. The predicted octanol–water partition coefficient (Wildman–Crippen LogP) is 2.49. The van der Waals surface area contributed by atoms with Gasteiger partial charge in [-0.15, -0.1) is 0 Å². The summed E-state index contributed by atoms with van der Waals surface area (Å²) in [6.07, 6.45) is 2.33. The van der Waals surface area contributed by atoms with Crippen molar-refractivity contribution in [1.29, 1.82) is 0 Å². The summed E-state index contributed by atoms with van der Waals surface area (Å²) in [5.74, 6) is -0.410. The number of benzene rings is 1. The van der Waals surface area contributed by atoms with Gasteiger partial charge in [0.1, 0.15) is 6.04 Å². The zero-order valence-corrected chi connectivity index (χ0v) is 12.5. The van der Waals surface area contributed by atoms with E-state index in [1.807, 2.05) is 32.0 Å². The van der Waals surface area contributed by atoms with E-state index in [9.17, 15) is 9.59 Å². The Bertz CT molecular complexity index is 646. The quantitative estimate of drug-likeness (QED) is 0.830. The molecular formula is C16H20N2O3. The van der Waals surface area contributed by atoms with Crippen molar-refractivity contribution in [3.8, 4) is 0 Å². The van der Waals surface area contributed by atoms with Gasteiger partial charge in [-0.25, -0.2) is 4.79 Å². The largest absolute Gasteiger partial charge is 0.467 e. The molecule has 0 bridgehead atoms. The van der Waals surface area contributed by atoms with Crippen LogP contribution in [0.2, 0.25) is 0 Å². The van der Waals surface area contributed by atoms with Gasteiger partial charge in [-0.2, -0.15) is 0 Å². The van der Waals surface area contributed by atoms with Gasteiger partial charge in [0.2, 0.25) is 0 Å². The van der Waals surface area contributed by atoms with Gasteiger partial charge in [0.25, 0.3) is 5.91 Å². The van der Waals surface area contributed by atoms with E-state index in [0.29, 0.717) is 12.0 Å². The van der Waals surface area contributed by atoms with E-state index in [1.165, 1.54) is 7.11 Å². The molecule has 1 unspecified atom stereocenters. The first kappa shape index (κ1) is 15.1. The van der Waals surface area contributed by atoms with E-state index in [1.54, 1.807) is 12.3 Å². The molecule has 0 spiro atoms. The van der Waals surface area contributed by atoms with Gasteiger partial charge in [0, 0.05) is 22.7 Å². The Morgan fingerprint density at radius 3 is 2.71 bits per heavy atom. The first-order chi connectivity index (χ1) is 10.0. The lowest BCUT2D eigenvalue weighted by molar-refractivity contribution is -0.143. The number of rotatable bonds is 5. The normalized spacial score (nSPS) is 12.4. The molecule has 1 amide bonds. The van der Waals surface area contributed by atoms with Gasteiger partial charge in [0.05, 0.1) is 7.11 Å². The maximum Gasteiger partial charge on any atom is 0.328 e. The van der Waals surface area contributed by atoms with Crippen molar-refractivity contribution in [3.05, 3.63) is 36.0 Å². The van der Waals surface area contributed by atoms with Crippen LogP contribution >= 0.6 is 0 Å². The van der Waals surface area contributed by atoms with Crippen LogP contribution in [-0.4, -0.2) is 30.0 Å². The monoisotopic (exact) mass is 288 g/mol. The second-order valence-corrected chi connectivity index (χ2v) is 5.42. The van der Waals surface area contributed by atoms with Crippen LogP contribution in [0.15, 0.2) is 30.5 Å². The van der Waals surface area contributed by atoms with Gasteiger partial charge in [-0.05, 0) is 30.5 Å². The summed E-state index contributed by atoms with van der Waals surface area (Å²) >= 11 is 0. The molecule has 2 rings (SSSR count). The van der Waals surface area contributed by atoms with Crippen molar-refractivity contribution in [3.63, 3.8) is 0 Å². The molecule has 1 aromatic carbocycles. The maximum absolute atomic E-state index is 12.4. The highest BCUT2D eigenvalue weighted by Crippen LogP contribution is 2.18. The highest BCUT2D eigenvalue weighted by atomic mass is 16.5. The first-order valence-electron chi connectivity index (χ1n) is 6.97. The molecule has 21 heavy (non-hydrogen) atoms. The Labute approximate surface area is 123 Å². The van der Waals surface area contributed by atoms with Gasteiger partial charge in [0.15, 0.2) is 0 Å². The third-order valence-corrected chi connectivity index (χ3v) is 3.34. The fourth-order valence-electron chi connectivity index (χ4n) is 2.35. The van der Waals surface area contributed by atoms with Crippen LogP contribution in [0.3, 0.4) is 0 Å². The molecule has 5 nitrogen and oxygen atoms in total. The summed E-state index contributed by atoms with van der Waals surface area (Å²) in [5, 5.41) is 3.61. The van der Waals surface area contributed by atoms with E-state index in [-0.39, 0.29) is 11.8 Å². The standard InChI is InChI=1S/C16H20N2O3/c1-10(2)9-14(16(20)21-3)18-15(19)12-5-4-6-13-11(12)7-8-17-13/h4-8,10,14,17H,9H2,1-3H3,(H,18,19). The third kappa shape index (κ3) is 3.42. The van der Waals surface area contributed by atoms with Gasteiger partial charge in [-0.3, -0.25) is 4.79 Å². The molecule has 2 aromatic rings. The molecular weight excluding hydrogens is 268 g/mol. The van der Waals surface area contributed by atoms with Crippen LogP contribution in [-0.2, 0) is 9.53 Å². The number of methoxy groups -OCH3 is 1. The van der Waals surface area contributed by atoms with Gasteiger partial charge in [-0.1, -0.05) is 19.9 Å². The Morgan fingerprint density at radius 1 is 1.29 bits per heavy atom. The Hall–Kier alpha value is -2.30. The highest BCUT2D eigenvalue weighted by Gasteiger charge is 2.23. The highest BCUT2D eigenvalue weighted by molar-refractivity contribution is 6.07. The molecule has 1 atom stereocenters. The number of carbonyl (C=O) groups excluding carboxylic acids is 2. The molecule has 0 aliphatic carbocycles. The van der Waals surface area contributed by atoms with Crippen molar-refractivity contribution < 1.29 is 14.3 Å². The van der Waals surface area contributed by atoms with Crippen molar-refractivity contribution in [1.82, 2.24) is 10.3 Å². The first-order valence-corrected chi connectivity index (χ1v) is 6.97. The van der Waals surface area contributed by atoms with Crippen LogP contribution < -0.4 is 5.32 Å². The summed E-state index contributed by atoms with van der Waals surface area (Å²) in [6.45, 7) is 3.99. The van der Waals surface area contributed by atoms with E-state index in [2.05, 4.69) is 10.3 Å². The lowest BCUT2D eigenvalue weighted by Gasteiger charge is -2.18. The molecule has 112 valence electrons. The molecule has 0 radical (unpaired) electrons. The fraction of sp³-hybridized carbons (Fsp3) is 0.375. The molecule has 5 heteroatoms. The third-order valence-electron chi connectivity index (χ3n) is 3.34. The zero-order valence-electron chi connectivity index (χ0n) is 12.5. The lowest BCUT2D eigenvalue weighted by Crippen LogP contribution is -2.42. The smallest absolute Gasteiger partial charge is 0.328 e. The number of aromatic nitrogens is 1. The van der Waals surface area contributed by atoms with Crippen molar-refractivity contribution in [2.24, 2.45) is 5.92 Å². The number of nitrogens with one attached hydrogen (secondary N) is 2. The van der Waals surface area contributed by atoms with Crippen LogP contribution in [0.25, 0.3) is 10.9 Å². The summed E-state index contributed by atoms with van der Waals surface area (Å²) in [5.41, 5.74) is 1.44. The minimum absolute atomic E-state index is 0.267.